The Hall–Kier alpha value is -2.55. The number of pyridine rings is 3. The van der Waals surface area contributed by atoms with E-state index in [1.807, 2.05) is 12.4 Å². The minimum Gasteiger partial charge on any atom is -0.261 e. The van der Waals surface area contributed by atoms with Crippen molar-refractivity contribution < 1.29 is 0 Å². The topological polar surface area (TPSA) is 38.7 Å². The number of fused-ring (bicyclic) bond motifs is 1. The van der Waals surface area contributed by atoms with Crippen LogP contribution in [0.15, 0.2) is 48.9 Å². The lowest BCUT2D eigenvalue weighted by atomic mass is 9.82. The molecule has 1 fully saturated rings. The first kappa shape index (κ1) is 19.4. The summed E-state index contributed by atoms with van der Waals surface area (Å²) in [4.78, 5) is 14.3. The first-order valence-corrected chi connectivity index (χ1v) is 11.6. The molecule has 5 rings (SSSR count). The number of hydrogen-bond donors (Lipinski definition) is 0. The standard InChI is InChI=1S/C27H31N3/c1-3-24-18(2)14-23(17-30-24)26(20-9-10-20)25-16-19(11-13-28-25)15-22-7-4-6-21-8-5-12-29-27(21)22/h5,8,11-14,16-17,20,22,26H,3-4,6-7,9-10,15H2,1-2H3/t22-,26-/m0/s1. The van der Waals surface area contributed by atoms with E-state index in [-0.39, 0.29) is 0 Å². The Morgan fingerprint density at radius 2 is 1.93 bits per heavy atom. The molecule has 0 aromatic carbocycles. The third-order valence-electron chi connectivity index (χ3n) is 6.95. The quantitative estimate of drug-likeness (QED) is 0.516. The highest BCUT2D eigenvalue weighted by Gasteiger charge is 2.35. The number of rotatable bonds is 6. The van der Waals surface area contributed by atoms with E-state index in [0.717, 1.165) is 12.8 Å². The SMILES string of the molecule is CCc1ncc([C@@H](c2cc(C[C@@H]3CCCc4cccnc43)ccn2)C2CC2)cc1C. The molecule has 3 aromatic rings. The minimum atomic E-state index is 0.374. The van der Waals surface area contributed by atoms with Crippen LogP contribution in [0, 0.1) is 12.8 Å². The van der Waals surface area contributed by atoms with E-state index in [9.17, 15) is 0 Å². The minimum absolute atomic E-state index is 0.374. The van der Waals surface area contributed by atoms with Gasteiger partial charge in [0.1, 0.15) is 0 Å². The Morgan fingerprint density at radius 3 is 2.73 bits per heavy atom. The number of aromatic nitrogens is 3. The van der Waals surface area contributed by atoms with E-state index in [1.165, 1.54) is 71.4 Å². The second-order valence-corrected chi connectivity index (χ2v) is 9.13. The zero-order valence-electron chi connectivity index (χ0n) is 18.1. The molecule has 0 spiro atoms. The van der Waals surface area contributed by atoms with Crippen LogP contribution in [0.4, 0.5) is 0 Å². The second-order valence-electron chi connectivity index (χ2n) is 9.13. The molecule has 0 saturated heterocycles. The molecule has 3 heteroatoms. The Balaban J connectivity index is 1.43. The summed E-state index contributed by atoms with van der Waals surface area (Å²) in [5.41, 5.74) is 9.22. The molecule has 0 aliphatic heterocycles. The summed E-state index contributed by atoms with van der Waals surface area (Å²) in [5.74, 6) is 1.61. The van der Waals surface area contributed by atoms with Crippen molar-refractivity contribution in [3.05, 3.63) is 88.3 Å². The van der Waals surface area contributed by atoms with Crippen LogP contribution in [0.3, 0.4) is 0 Å². The van der Waals surface area contributed by atoms with E-state index in [1.54, 1.807) is 0 Å². The van der Waals surface area contributed by atoms with Gasteiger partial charge >= 0.3 is 0 Å². The van der Waals surface area contributed by atoms with Gasteiger partial charge < -0.3 is 0 Å². The van der Waals surface area contributed by atoms with E-state index in [0.29, 0.717) is 17.8 Å². The molecule has 3 heterocycles. The maximum Gasteiger partial charge on any atom is 0.0484 e. The fourth-order valence-corrected chi connectivity index (χ4v) is 5.26. The van der Waals surface area contributed by atoms with Crippen LogP contribution in [0.25, 0.3) is 0 Å². The maximum absolute atomic E-state index is 4.84. The van der Waals surface area contributed by atoms with Crippen molar-refractivity contribution in [2.75, 3.05) is 0 Å². The lowest BCUT2D eigenvalue weighted by molar-refractivity contribution is 0.534. The average molecular weight is 398 g/mol. The van der Waals surface area contributed by atoms with Gasteiger partial charge in [0, 0.05) is 47.5 Å². The summed E-state index contributed by atoms with van der Waals surface area (Å²) >= 11 is 0. The molecule has 30 heavy (non-hydrogen) atoms. The highest BCUT2D eigenvalue weighted by molar-refractivity contribution is 5.36. The molecule has 2 aliphatic carbocycles. The molecule has 2 atom stereocenters. The zero-order valence-corrected chi connectivity index (χ0v) is 18.1. The molecular formula is C27H31N3. The molecule has 2 aliphatic rings. The summed E-state index contributed by atoms with van der Waals surface area (Å²) < 4.78 is 0. The van der Waals surface area contributed by atoms with E-state index in [2.05, 4.69) is 50.4 Å². The number of hydrogen-bond acceptors (Lipinski definition) is 3. The van der Waals surface area contributed by atoms with Crippen molar-refractivity contribution in [2.24, 2.45) is 5.92 Å². The molecule has 0 N–H and O–H groups in total. The third-order valence-corrected chi connectivity index (χ3v) is 6.95. The summed E-state index contributed by atoms with van der Waals surface area (Å²) in [6.07, 6.45) is 14.4. The predicted molar refractivity (Wildman–Crippen MR) is 121 cm³/mol. The van der Waals surface area contributed by atoms with Crippen molar-refractivity contribution >= 4 is 0 Å². The van der Waals surface area contributed by atoms with Crippen LogP contribution < -0.4 is 0 Å². The van der Waals surface area contributed by atoms with Crippen molar-refractivity contribution in [3.8, 4) is 0 Å². The van der Waals surface area contributed by atoms with Crippen LogP contribution in [0.1, 0.15) is 83.8 Å². The summed E-state index contributed by atoms with van der Waals surface area (Å²) in [7, 11) is 0. The highest BCUT2D eigenvalue weighted by atomic mass is 14.7. The molecule has 0 radical (unpaired) electrons. The van der Waals surface area contributed by atoms with E-state index >= 15 is 0 Å². The van der Waals surface area contributed by atoms with Crippen LogP contribution in [-0.2, 0) is 19.3 Å². The van der Waals surface area contributed by atoms with Crippen LogP contribution >= 0.6 is 0 Å². The van der Waals surface area contributed by atoms with Gasteiger partial charge in [0.2, 0.25) is 0 Å². The van der Waals surface area contributed by atoms with E-state index in [4.69, 9.17) is 15.0 Å². The Morgan fingerprint density at radius 1 is 1.03 bits per heavy atom. The Kier molecular flexibility index (Phi) is 5.37. The molecular weight excluding hydrogens is 366 g/mol. The molecule has 3 nitrogen and oxygen atoms in total. The van der Waals surface area contributed by atoms with Crippen molar-refractivity contribution in [1.29, 1.82) is 0 Å². The zero-order chi connectivity index (χ0) is 20.5. The summed E-state index contributed by atoms with van der Waals surface area (Å²) in [6.45, 7) is 4.37. The molecule has 1 saturated carbocycles. The van der Waals surface area contributed by atoms with Crippen LogP contribution in [-0.4, -0.2) is 15.0 Å². The van der Waals surface area contributed by atoms with Gasteiger partial charge in [0.15, 0.2) is 0 Å². The molecule has 0 bridgehead atoms. The lowest BCUT2D eigenvalue weighted by Crippen LogP contribution is -2.14. The highest BCUT2D eigenvalue weighted by Crippen LogP contribution is 2.46. The van der Waals surface area contributed by atoms with Gasteiger partial charge in [0.05, 0.1) is 0 Å². The average Bonchev–Trinajstić information content (AvgIpc) is 3.60. The Bertz CT molecular complexity index is 1040. The van der Waals surface area contributed by atoms with Crippen LogP contribution in [0.5, 0.6) is 0 Å². The number of nitrogens with zero attached hydrogens (tertiary/aromatic N) is 3. The van der Waals surface area contributed by atoms with Gasteiger partial charge in [-0.1, -0.05) is 19.1 Å². The van der Waals surface area contributed by atoms with Gasteiger partial charge in [-0.05, 0) is 98.2 Å². The van der Waals surface area contributed by atoms with Crippen molar-refractivity contribution in [1.82, 2.24) is 15.0 Å². The van der Waals surface area contributed by atoms with Gasteiger partial charge in [0.25, 0.3) is 0 Å². The van der Waals surface area contributed by atoms with Gasteiger partial charge in [-0.15, -0.1) is 0 Å². The normalized spacial score (nSPS) is 19.3. The van der Waals surface area contributed by atoms with Crippen LogP contribution in [0.2, 0.25) is 0 Å². The van der Waals surface area contributed by atoms with Crippen molar-refractivity contribution in [3.63, 3.8) is 0 Å². The largest absolute Gasteiger partial charge is 0.261 e. The fraction of sp³-hybridized carbons (Fsp3) is 0.444. The number of aryl methyl sites for hydroxylation is 3. The lowest BCUT2D eigenvalue weighted by Gasteiger charge is -2.25. The monoisotopic (exact) mass is 397 g/mol. The molecule has 0 unspecified atom stereocenters. The van der Waals surface area contributed by atoms with Gasteiger partial charge in [-0.25, -0.2) is 0 Å². The first-order chi connectivity index (χ1) is 14.7. The molecule has 154 valence electrons. The Labute approximate surface area is 180 Å². The summed E-state index contributed by atoms with van der Waals surface area (Å²) in [6, 6.07) is 11.2. The molecule has 3 aromatic heterocycles. The molecule has 0 amide bonds. The fourth-order valence-electron chi connectivity index (χ4n) is 5.26. The summed E-state index contributed by atoms with van der Waals surface area (Å²) in [5, 5.41) is 0. The maximum atomic E-state index is 4.84. The predicted octanol–water partition coefficient (Wildman–Crippen LogP) is 5.95. The first-order valence-electron chi connectivity index (χ1n) is 11.6. The van der Waals surface area contributed by atoms with Crippen molar-refractivity contribution in [2.45, 2.75) is 70.6 Å². The second kappa shape index (κ2) is 8.29. The smallest absolute Gasteiger partial charge is 0.0484 e. The van der Waals surface area contributed by atoms with Gasteiger partial charge in [-0.3, -0.25) is 15.0 Å². The van der Waals surface area contributed by atoms with E-state index < -0.39 is 0 Å². The van der Waals surface area contributed by atoms with Gasteiger partial charge in [-0.2, -0.15) is 0 Å². The third kappa shape index (κ3) is 3.90.